The molecule has 3 N–H and O–H groups in total. The van der Waals surface area contributed by atoms with Crippen LogP contribution in [0.25, 0.3) is 0 Å². The molecule has 142 valence electrons. The van der Waals surface area contributed by atoms with Crippen LogP contribution in [0.2, 0.25) is 0 Å². The van der Waals surface area contributed by atoms with Crippen molar-refractivity contribution in [3.63, 3.8) is 0 Å². The van der Waals surface area contributed by atoms with Crippen LogP contribution in [-0.2, 0) is 6.42 Å². The summed E-state index contributed by atoms with van der Waals surface area (Å²) in [6, 6.07) is 8.15. The molecule has 0 aliphatic carbocycles. The molecule has 0 radical (unpaired) electrons. The number of nitrogens with zero attached hydrogens (tertiary/aromatic N) is 1. The fourth-order valence-electron chi connectivity index (χ4n) is 2.85. The Morgan fingerprint density at radius 1 is 1.12 bits per heavy atom. The number of aliphatic hydroxyl groups excluding tert-OH is 1. The lowest BCUT2D eigenvalue weighted by Crippen LogP contribution is -2.39. The van der Waals surface area contributed by atoms with Gasteiger partial charge in [-0.25, -0.2) is 0 Å². The molecule has 25 heavy (non-hydrogen) atoms. The average molecular weight is 350 g/mol. The van der Waals surface area contributed by atoms with E-state index < -0.39 is 0 Å². The van der Waals surface area contributed by atoms with Gasteiger partial charge >= 0.3 is 0 Å². The zero-order valence-electron chi connectivity index (χ0n) is 16.3. The molecular formula is C20H35N3O2. The number of aliphatic hydroxyl groups is 1. The maximum absolute atomic E-state index is 9.35. The van der Waals surface area contributed by atoms with Crippen LogP contribution in [-0.4, -0.2) is 44.4 Å². The van der Waals surface area contributed by atoms with Gasteiger partial charge in [-0.3, -0.25) is 4.99 Å². The van der Waals surface area contributed by atoms with E-state index in [0.29, 0.717) is 0 Å². The van der Waals surface area contributed by atoms with E-state index >= 15 is 0 Å². The van der Waals surface area contributed by atoms with E-state index in [4.69, 9.17) is 9.73 Å². The van der Waals surface area contributed by atoms with Crippen molar-refractivity contribution < 1.29 is 9.84 Å². The first-order valence-corrected chi connectivity index (χ1v) is 9.39. The number of hydrogen-bond acceptors (Lipinski definition) is 3. The molecule has 0 saturated heterocycles. The van der Waals surface area contributed by atoms with Gasteiger partial charge in [0.05, 0.1) is 7.11 Å². The van der Waals surface area contributed by atoms with E-state index in [2.05, 4.69) is 43.5 Å². The van der Waals surface area contributed by atoms with Gasteiger partial charge in [-0.1, -0.05) is 26.0 Å². The van der Waals surface area contributed by atoms with Crippen molar-refractivity contribution in [2.75, 3.05) is 33.4 Å². The Balaban J connectivity index is 2.59. The summed E-state index contributed by atoms with van der Waals surface area (Å²) in [4.78, 5) is 4.77. The minimum absolute atomic E-state index is 0.0904. The Labute approximate surface area is 152 Å². The molecule has 1 aromatic rings. The van der Waals surface area contributed by atoms with E-state index in [1.165, 1.54) is 5.56 Å². The van der Waals surface area contributed by atoms with Crippen molar-refractivity contribution in [2.45, 2.75) is 46.5 Å². The summed E-state index contributed by atoms with van der Waals surface area (Å²) in [5, 5.41) is 16.1. The summed E-state index contributed by atoms with van der Waals surface area (Å²) in [7, 11) is 1.68. The van der Waals surface area contributed by atoms with Gasteiger partial charge in [-0.2, -0.15) is 0 Å². The molecule has 0 bridgehead atoms. The number of methoxy groups -OCH3 is 1. The molecule has 5 nitrogen and oxygen atoms in total. The molecule has 0 fully saturated rings. The van der Waals surface area contributed by atoms with Gasteiger partial charge in [0, 0.05) is 26.2 Å². The Morgan fingerprint density at radius 2 is 1.80 bits per heavy atom. The fraction of sp³-hybridized carbons (Fsp3) is 0.650. The molecule has 0 heterocycles. The first kappa shape index (κ1) is 21.3. The predicted molar refractivity (Wildman–Crippen MR) is 105 cm³/mol. The largest absolute Gasteiger partial charge is 0.497 e. The van der Waals surface area contributed by atoms with Crippen molar-refractivity contribution in [1.82, 2.24) is 10.6 Å². The summed E-state index contributed by atoms with van der Waals surface area (Å²) in [5.41, 5.74) is 1.36. The zero-order valence-corrected chi connectivity index (χ0v) is 16.3. The number of aliphatic imine (C=N–C) groups is 1. The highest BCUT2D eigenvalue weighted by Gasteiger charge is 2.25. The SMILES string of the molecule is CCNC(=NCC(CC)(CC)CCO)NCCc1ccc(OC)cc1. The number of nitrogens with one attached hydrogen (secondary N) is 2. The van der Waals surface area contributed by atoms with E-state index in [0.717, 1.165) is 57.0 Å². The third-order valence-corrected chi connectivity index (χ3v) is 4.92. The summed E-state index contributed by atoms with van der Waals surface area (Å²) in [6.07, 6.45) is 3.78. The predicted octanol–water partition coefficient (Wildman–Crippen LogP) is 2.98. The van der Waals surface area contributed by atoms with Crippen molar-refractivity contribution in [1.29, 1.82) is 0 Å². The van der Waals surface area contributed by atoms with E-state index in [9.17, 15) is 5.11 Å². The molecule has 0 atom stereocenters. The van der Waals surface area contributed by atoms with Gasteiger partial charge in [0.15, 0.2) is 5.96 Å². The van der Waals surface area contributed by atoms with Gasteiger partial charge < -0.3 is 20.5 Å². The maximum Gasteiger partial charge on any atom is 0.191 e. The summed E-state index contributed by atoms with van der Waals surface area (Å²) in [6.45, 7) is 9.04. The van der Waals surface area contributed by atoms with Gasteiger partial charge in [-0.15, -0.1) is 0 Å². The summed E-state index contributed by atoms with van der Waals surface area (Å²) >= 11 is 0. The normalized spacial score (nSPS) is 12.1. The first-order valence-electron chi connectivity index (χ1n) is 9.39. The Bertz CT molecular complexity index is 496. The van der Waals surface area contributed by atoms with Crippen molar-refractivity contribution in [3.8, 4) is 5.75 Å². The second-order valence-electron chi connectivity index (χ2n) is 6.40. The standard InChI is InChI=1S/C20H35N3O2/c1-5-20(6-2,13-15-24)16-23-19(21-7-3)22-14-12-17-8-10-18(25-4)11-9-17/h8-11,24H,5-7,12-16H2,1-4H3,(H2,21,22,23). The van der Waals surface area contributed by atoms with Gasteiger partial charge in [0.2, 0.25) is 0 Å². The second kappa shape index (κ2) is 11.7. The Morgan fingerprint density at radius 3 is 2.32 bits per heavy atom. The molecule has 1 rings (SSSR count). The zero-order chi connectivity index (χ0) is 18.5. The average Bonchev–Trinajstić information content (AvgIpc) is 2.65. The minimum atomic E-state index is 0.0904. The van der Waals surface area contributed by atoms with Gasteiger partial charge in [0.25, 0.3) is 0 Å². The third kappa shape index (κ3) is 7.34. The summed E-state index contributed by atoms with van der Waals surface area (Å²) < 4.78 is 5.19. The fourth-order valence-corrected chi connectivity index (χ4v) is 2.85. The molecular weight excluding hydrogens is 314 g/mol. The van der Waals surface area contributed by atoms with Crippen LogP contribution in [0.4, 0.5) is 0 Å². The highest BCUT2D eigenvalue weighted by Crippen LogP contribution is 2.30. The number of ether oxygens (including phenoxy) is 1. The topological polar surface area (TPSA) is 65.9 Å². The number of benzene rings is 1. The van der Waals surface area contributed by atoms with Crippen LogP contribution < -0.4 is 15.4 Å². The van der Waals surface area contributed by atoms with Crippen molar-refractivity contribution >= 4 is 5.96 Å². The highest BCUT2D eigenvalue weighted by atomic mass is 16.5. The van der Waals surface area contributed by atoms with Crippen LogP contribution >= 0.6 is 0 Å². The molecule has 1 aromatic carbocycles. The molecule has 5 heteroatoms. The van der Waals surface area contributed by atoms with Gasteiger partial charge in [-0.05, 0) is 55.7 Å². The number of guanidine groups is 1. The lowest BCUT2D eigenvalue weighted by molar-refractivity contribution is 0.175. The Kier molecular flexibility index (Phi) is 10.0. The van der Waals surface area contributed by atoms with Crippen LogP contribution in [0.3, 0.4) is 0 Å². The van der Waals surface area contributed by atoms with E-state index in [1.807, 2.05) is 12.1 Å². The second-order valence-corrected chi connectivity index (χ2v) is 6.40. The van der Waals surface area contributed by atoms with Crippen LogP contribution in [0, 0.1) is 5.41 Å². The van der Waals surface area contributed by atoms with Crippen molar-refractivity contribution in [3.05, 3.63) is 29.8 Å². The molecule has 0 amide bonds. The lowest BCUT2D eigenvalue weighted by Gasteiger charge is -2.29. The van der Waals surface area contributed by atoms with Crippen LogP contribution in [0.15, 0.2) is 29.3 Å². The molecule has 0 aromatic heterocycles. The smallest absolute Gasteiger partial charge is 0.191 e. The molecule has 0 spiro atoms. The molecule has 0 saturated carbocycles. The lowest BCUT2D eigenvalue weighted by atomic mass is 9.79. The van der Waals surface area contributed by atoms with E-state index in [1.54, 1.807) is 7.11 Å². The minimum Gasteiger partial charge on any atom is -0.497 e. The van der Waals surface area contributed by atoms with Gasteiger partial charge in [0.1, 0.15) is 5.75 Å². The first-order chi connectivity index (χ1) is 12.1. The number of rotatable bonds is 11. The van der Waals surface area contributed by atoms with Crippen molar-refractivity contribution in [2.24, 2.45) is 10.4 Å². The van der Waals surface area contributed by atoms with Crippen LogP contribution in [0.1, 0.15) is 45.6 Å². The molecule has 0 aliphatic heterocycles. The monoisotopic (exact) mass is 349 g/mol. The Hall–Kier alpha value is -1.75. The van der Waals surface area contributed by atoms with Crippen LogP contribution in [0.5, 0.6) is 5.75 Å². The summed E-state index contributed by atoms with van der Waals surface area (Å²) in [5.74, 6) is 1.73. The molecule has 0 unspecified atom stereocenters. The van der Waals surface area contributed by atoms with E-state index in [-0.39, 0.29) is 12.0 Å². The third-order valence-electron chi connectivity index (χ3n) is 4.92. The number of hydrogen-bond donors (Lipinski definition) is 3. The highest BCUT2D eigenvalue weighted by molar-refractivity contribution is 5.79. The molecule has 0 aliphatic rings. The quantitative estimate of drug-likeness (QED) is 0.424. The maximum atomic E-state index is 9.35.